The molecule has 31 heavy (non-hydrogen) atoms. The lowest BCUT2D eigenvalue weighted by Gasteiger charge is -2.30. The number of hydrogen-bond acceptors (Lipinski definition) is 3. The number of nitrogens with one attached hydrogen (secondary N) is 1. The maximum Gasteiger partial charge on any atom is 0.407 e. The van der Waals surface area contributed by atoms with Gasteiger partial charge in [0.05, 0.1) is 7.11 Å². The monoisotopic (exact) mass is 417 g/mol. The Kier molecular flexibility index (Phi) is 6.07. The summed E-state index contributed by atoms with van der Waals surface area (Å²) in [5.74, 6) is -0.0949. The van der Waals surface area contributed by atoms with E-state index in [1.165, 1.54) is 29.1 Å². The fourth-order valence-electron chi connectivity index (χ4n) is 4.18. The van der Waals surface area contributed by atoms with E-state index in [9.17, 15) is 9.59 Å². The minimum Gasteiger partial charge on any atom is -0.453 e. The normalized spacial score (nSPS) is 14.8. The molecule has 0 saturated heterocycles. The Morgan fingerprint density at radius 1 is 1.10 bits per heavy atom. The molecule has 0 spiro atoms. The summed E-state index contributed by atoms with van der Waals surface area (Å²) >= 11 is 0. The van der Waals surface area contributed by atoms with Crippen molar-refractivity contribution in [3.63, 3.8) is 0 Å². The first kappa shape index (κ1) is 20.7. The van der Waals surface area contributed by atoms with E-state index in [4.69, 9.17) is 4.74 Å². The highest BCUT2D eigenvalue weighted by molar-refractivity contribution is 5.94. The Morgan fingerprint density at radius 3 is 2.55 bits per heavy atom. The molecule has 0 fully saturated rings. The molecule has 1 aliphatic heterocycles. The zero-order chi connectivity index (χ0) is 21.8. The fraction of sp³-hybridized carbons (Fsp3) is 0.280. The standard InChI is InChI=1S/C25H27N3O3/c1-27-17-21(20-10-6-7-11-23(20)27)19-12-14-28(15-13-19)24(29)22(26-25(30)31-2)16-18-8-4-3-5-9-18/h3-12,17,22H,13-16H2,1-2H3,(H,26,30). The number of carbonyl (C=O) groups excluding carboxylic acids is 2. The van der Waals surface area contributed by atoms with Gasteiger partial charge in [-0.2, -0.15) is 0 Å². The number of hydrogen-bond donors (Lipinski definition) is 1. The maximum absolute atomic E-state index is 13.2. The molecule has 1 atom stereocenters. The van der Waals surface area contributed by atoms with Crippen LogP contribution in [0.25, 0.3) is 16.5 Å². The zero-order valence-electron chi connectivity index (χ0n) is 17.9. The summed E-state index contributed by atoms with van der Waals surface area (Å²) in [7, 11) is 3.36. The van der Waals surface area contributed by atoms with Crippen molar-refractivity contribution in [1.82, 2.24) is 14.8 Å². The fourth-order valence-corrected chi connectivity index (χ4v) is 4.18. The number of benzene rings is 2. The summed E-state index contributed by atoms with van der Waals surface area (Å²) in [5, 5.41) is 3.93. The number of ether oxygens (including phenoxy) is 1. The molecule has 2 amide bonds. The number of carbonyl (C=O) groups is 2. The van der Waals surface area contributed by atoms with Crippen LogP contribution in [0.3, 0.4) is 0 Å². The number of methoxy groups -OCH3 is 1. The van der Waals surface area contributed by atoms with Crippen molar-refractivity contribution in [2.45, 2.75) is 18.9 Å². The molecule has 0 radical (unpaired) electrons. The molecule has 2 heterocycles. The topological polar surface area (TPSA) is 63.6 Å². The third kappa shape index (κ3) is 4.48. The Labute approximate surface area is 182 Å². The molecule has 0 aliphatic carbocycles. The highest BCUT2D eigenvalue weighted by Crippen LogP contribution is 2.30. The van der Waals surface area contributed by atoms with Crippen molar-refractivity contribution in [3.8, 4) is 0 Å². The van der Waals surface area contributed by atoms with Crippen molar-refractivity contribution in [2.75, 3.05) is 20.2 Å². The number of alkyl carbamates (subject to hydrolysis) is 1. The van der Waals surface area contributed by atoms with Gasteiger partial charge in [-0.15, -0.1) is 0 Å². The van der Waals surface area contributed by atoms with Gasteiger partial charge < -0.3 is 19.5 Å². The van der Waals surface area contributed by atoms with E-state index in [1.54, 1.807) is 4.90 Å². The molecule has 2 aromatic carbocycles. The van der Waals surface area contributed by atoms with Crippen LogP contribution in [0.1, 0.15) is 17.5 Å². The predicted octanol–water partition coefficient (Wildman–Crippen LogP) is 3.76. The number of amides is 2. The summed E-state index contributed by atoms with van der Waals surface area (Å²) in [4.78, 5) is 26.9. The second kappa shape index (κ2) is 9.08. The van der Waals surface area contributed by atoms with Gasteiger partial charge in [0.2, 0.25) is 5.91 Å². The maximum atomic E-state index is 13.2. The molecule has 1 aliphatic rings. The summed E-state index contributed by atoms with van der Waals surface area (Å²) in [5.41, 5.74) is 4.66. The van der Waals surface area contributed by atoms with E-state index in [2.05, 4.69) is 47.4 Å². The molecule has 1 aromatic heterocycles. The molecule has 1 unspecified atom stereocenters. The van der Waals surface area contributed by atoms with E-state index < -0.39 is 12.1 Å². The smallest absolute Gasteiger partial charge is 0.407 e. The molecule has 4 rings (SSSR count). The van der Waals surface area contributed by atoms with Crippen LogP contribution in [0.15, 0.2) is 66.9 Å². The molecule has 1 N–H and O–H groups in total. The van der Waals surface area contributed by atoms with E-state index in [0.717, 1.165) is 12.0 Å². The number of aromatic nitrogens is 1. The van der Waals surface area contributed by atoms with Gasteiger partial charge in [-0.1, -0.05) is 54.6 Å². The van der Waals surface area contributed by atoms with Crippen molar-refractivity contribution < 1.29 is 14.3 Å². The quantitative estimate of drug-likeness (QED) is 0.688. The predicted molar refractivity (Wildman–Crippen MR) is 122 cm³/mol. The van der Waals surface area contributed by atoms with Crippen LogP contribution in [0.4, 0.5) is 4.79 Å². The average Bonchev–Trinajstić information content (AvgIpc) is 3.15. The van der Waals surface area contributed by atoms with Crippen LogP contribution >= 0.6 is 0 Å². The summed E-state index contributed by atoms with van der Waals surface area (Å²) < 4.78 is 6.88. The van der Waals surface area contributed by atoms with Crippen molar-refractivity contribution in [3.05, 3.63) is 78.0 Å². The molecule has 160 valence electrons. The average molecular weight is 418 g/mol. The Bertz CT molecular complexity index is 1120. The Balaban J connectivity index is 1.51. The van der Waals surface area contributed by atoms with E-state index in [1.807, 2.05) is 36.4 Å². The van der Waals surface area contributed by atoms with E-state index >= 15 is 0 Å². The third-order valence-corrected chi connectivity index (χ3v) is 5.82. The first-order valence-electron chi connectivity index (χ1n) is 10.5. The molecule has 6 nitrogen and oxygen atoms in total. The van der Waals surface area contributed by atoms with Gasteiger partial charge in [0.25, 0.3) is 0 Å². The van der Waals surface area contributed by atoms with Gasteiger partial charge in [0.1, 0.15) is 6.04 Å². The first-order chi connectivity index (χ1) is 15.1. The van der Waals surface area contributed by atoms with Crippen LogP contribution in [0.2, 0.25) is 0 Å². The molecule has 0 bridgehead atoms. The molecular formula is C25H27N3O3. The zero-order valence-corrected chi connectivity index (χ0v) is 17.9. The summed E-state index contributed by atoms with van der Waals surface area (Å²) in [6.07, 6.45) is 4.88. The highest BCUT2D eigenvalue weighted by atomic mass is 16.5. The molecular weight excluding hydrogens is 390 g/mol. The van der Waals surface area contributed by atoms with Gasteiger partial charge in [-0.25, -0.2) is 4.79 Å². The SMILES string of the molecule is COC(=O)NC(Cc1ccccc1)C(=O)N1CC=C(c2cn(C)c3ccccc23)CC1. The van der Waals surface area contributed by atoms with Gasteiger partial charge in [0, 0.05) is 49.2 Å². The molecule has 3 aromatic rings. The van der Waals surface area contributed by atoms with Crippen LogP contribution in [-0.2, 0) is 23.0 Å². The van der Waals surface area contributed by atoms with E-state index in [-0.39, 0.29) is 5.91 Å². The number of fused-ring (bicyclic) bond motifs is 1. The van der Waals surface area contributed by atoms with Crippen LogP contribution in [-0.4, -0.2) is 47.7 Å². The van der Waals surface area contributed by atoms with Gasteiger partial charge in [0.15, 0.2) is 0 Å². The molecule has 0 saturated carbocycles. The third-order valence-electron chi connectivity index (χ3n) is 5.82. The minimum absolute atomic E-state index is 0.0949. The summed E-state index contributed by atoms with van der Waals surface area (Å²) in [6.45, 7) is 1.13. The lowest BCUT2D eigenvalue weighted by atomic mass is 9.98. The van der Waals surface area contributed by atoms with Crippen LogP contribution < -0.4 is 5.32 Å². The van der Waals surface area contributed by atoms with E-state index in [0.29, 0.717) is 19.5 Å². The summed E-state index contributed by atoms with van der Waals surface area (Å²) in [6, 6.07) is 17.4. The van der Waals surface area contributed by atoms with Gasteiger partial charge in [-0.3, -0.25) is 4.79 Å². The lowest BCUT2D eigenvalue weighted by Crippen LogP contribution is -2.50. The second-order valence-corrected chi connectivity index (χ2v) is 7.81. The number of para-hydroxylation sites is 1. The highest BCUT2D eigenvalue weighted by Gasteiger charge is 2.28. The molecule has 6 heteroatoms. The second-order valence-electron chi connectivity index (χ2n) is 7.81. The number of nitrogens with zero attached hydrogens (tertiary/aromatic N) is 2. The van der Waals surface area contributed by atoms with Crippen LogP contribution in [0, 0.1) is 0 Å². The van der Waals surface area contributed by atoms with Gasteiger partial charge in [-0.05, 0) is 23.6 Å². The minimum atomic E-state index is -0.664. The van der Waals surface area contributed by atoms with Crippen molar-refractivity contribution in [1.29, 1.82) is 0 Å². The van der Waals surface area contributed by atoms with Crippen LogP contribution in [0.5, 0.6) is 0 Å². The number of aryl methyl sites for hydroxylation is 1. The largest absolute Gasteiger partial charge is 0.453 e. The van der Waals surface area contributed by atoms with Gasteiger partial charge >= 0.3 is 6.09 Å². The van der Waals surface area contributed by atoms with Crippen molar-refractivity contribution in [2.24, 2.45) is 7.05 Å². The lowest BCUT2D eigenvalue weighted by molar-refractivity contribution is -0.132. The Morgan fingerprint density at radius 2 is 1.84 bits per heavy atom. The van der Waals surface area contributed by atoms with Crippen molar-refractivity contribution >= 4 is 28.5 Å². The first-order valence-corrected chi connectivity index (χ1v) is 10.5. The Hall–Kier alpha value is -3.54. The number of rotatable bonds is 5.